The van der Waals surface area contributed by atoms with Crippen LogP contribution in [0.2, 0.25) is 0 Å². The van der Waals surface area contributed by atoms with Crippen LogP contribution in [-0.4, -0.2) is 51.6 Å². The van der Waals surface area contributed by atoms with Crippen molar-refractivity contribution in [3.8, 4) is 11.5 Å². The van der Waals surface area contributed by atoms with Crippen molar-refractivity contribution in [3.63, 3.8) is 0 Å². The number of carbonyl (C=O) groups excluding carboxylic acids is 1. The lowest BCUT2D eigenvalue weighted by atomic mass is 9.94. The van der Waals surface area contributed by atoms with Crippen LogP contribution in [0.15, 0.2) is 53.9 Å². The number of aromatic nitrogens is 4. The third-order valence-electron chi connectivity index (χ3n) is 5.34. The fourth-order valence-corrected chi connectivity index (χ4v) is 3.78. The molecule has 0 spiro atoms. The molecule has 0 bridgehead atoms. The number of ether oxygens (including phenoxy) is 2. The third kappa shape index (κ3) is 4.51. The molecule has 0 aliphatic carbocycles. The molecule has 1 unspecified atom stereocenters. The number of nitrogens with one attached hydrogen (secondary N) is 2. The molecule has 0 radical (unpaired) electrons. The van der Waals surface area contributed by atoms with E-state index in [-0.39, 0.29) is 12.5 Å². The number of hydrogen-bond acceptors (Lipinski definition) is 8. The molecule has 0 fully saturated rings. The predicted molar refractivity (Wildman–Crippen MR) is 122 cm³/mol. The number of allylic oxidation sites excluding steroid dienone is 1. The molecule has 1 atom stereocenters. The van der Waals surface area contributed by atoms with Gasteiger partial charge < -0.3 is 25.2 Å². The van der Waals surface area contributed by atoms with Crippen LogP contribution in [-0.2, 0) is 11.2 Å². The Hall–Kier alpha value is -3.92. The van der Waals surface area contributed by atoms with Crippen molar-refractivity contribution < 1.29 is 19.4 Å². The van der Waals surface area contributed by atoms with Gasteiger partial charge in [-0.25, -0.2) is 9.67 Å². The van der Waals surface area contributed by atoms with Gasteiger partial charge in [-0.3, -0.25) is 4.79 Å². The summed E-state index contributed by atoms with van der Waals surface area (Å²) in [5.74, 6) is 2.39. The number of anilines is 2. The number of methoxy groups -OCH3 is 2. The van der Waals surface area contributed by atoms with E-state index < -0.39 is 6.04 Å². The van der Waals surface area contributed by atoms with Gasteiger partial charge in [0.15, 0.2) is 5.82 Å². The molecule has 3 heterocycles. The van der Waals surface area contributed by atoms with E-state index in [1.807, 2.05) is 19.1 Å². The highest BCUT2D eigenvalue weighted by molar-refractivity contribution is 6.05. The van der Waals surface area contributed by atoms with Crippen molar-refractivity contribution in [1.82, 2.24) is 19.7 Å². The SMILES string of the molecule is COc1ccc(C2C(C(=O)Nc3ccccn3)=C(C)Nc3nc(CCCO)nn32)c(OC)c1. The Morgan fingerprint density at radius 2 is 2.09 bits per heavy atom. The average Bonchev–Trinajstić information content (AvgIpc) is 3.24. The summed E-state index contributed by atoms with van der Waals surface area (Å²) < 4.78 is 12.7. The summed E-state index contributed by atoms with van der Waals surface area (Å²) in [6.45, 7) is 1.87. The smallest absolute Gasteiger partial charge is 0.257 e. The molecule has 3 aromatic rings. The first-order valence-corrected chi connectivity index (χ1v) is 10.5. The van der Waals surface area contributed by atoms with Gasteiger partial charge in [0, 0.05) is 36.6 Å². The Labute approximate surface area is 191 Å². The highest BCUT2D eigenvalue weighted by Gasteiger charge is 2.36. The zero-order valence-electron chi connectivity index (χ0n) is 18.7. The Morgan fingerprint density at radius 3 is 2.79 bits per heavy atom. The molecule has 1 amide bonds. The molecule has 1 aliphatic heterocycles. The Morgan fingerprint density at radius 1 is 1.24 bits per heavy atom. The van der Waals surface area contributed by atoms with E-state index in [1.54, 1.807) is 49.4 Å². The largest absolute Gasteiger partial charge is 0.497 e. The van der Waals surface area contributed by atoms with Crippen LogP contribution in [0.1, 0.15) is 30.8 Å². The second-order valence-corrected chi connectivity index (χ2v) is 7.47. The standard InChI is InChI=1S/C23H26N6O4/c1-14-20(22(31)26-18-7-4-5-11-24-18)21(16-10-9-15(32-2)13-17(16)33-3)29-23(25-14)27-19(28-29)8-6-12-30/h4-5,7,9-11,13,21,30H,6,8,12H2,1-3H3,(H,24,26,31)(H,25,27,28). The molecule has 4 rings (SSSR count). The first-order valence-electron chi connectivity index (χ1n) is 10.5. The van der Waals surface area contributed by atoms with Crippen molar-refractivity contribution in [2.24, 2.45) is 0 Å². The number of benzene rings is 1. The number of carbonyl (C=O) groups is 1. The van der Waals surface area contributed by atoms with Crippen molar-refractivity contribution in [2.45, 2.75) is 25.8 Å². The van der Waals surface area contributed by atoms with E-state index in [9.17, 15) is 9.90 Å². The minimum atomic E-state index is -0.610. The van der Waals surface area contributed by atoms with Gasteiger partial charge in [0.25, 0.3) is 5.91 Å². The van der Waals surface area contributed by atoms with Gasteiger partial charge in [0.05, 0.1) is 19.8 Å². The lowest BCUT2D eigenvalue weighted by molar-refractivity contribution is -0.113. The van der Waals surface area contributed by atoms with E-state index in [0.29, 0.717) is 53.2 Å². The number of amides is 1. The molecule has 0 saturated heterocycles. The van der Waals surface area contributed by atoms with Crippen LogP contribution in [0.25, 0.3) is 0 Å². The van der Waals surface area contributed by atoms with Gasteiger partial charge in [-0.2, -0.15) is 10.1 Å². The quantitative estimate of drug-likeness (QED) is 0.478. The van der Waals surface area contributed by atoms with Crippen LogP contribution in [0.3, 0.4) is 0 Å². The predicted octanol–water partition coefficient (Wildman–Crippen LogP) is 2.54. The Balaban J connectivity index is 1.82. The Bertz CT molecular complexity index is 1170. The lowest BCUT2D eigenvalue weighted by Crippen LogP contribution is -2.32. The van der Waals surface area contributed by atoms with Crippen LogP contribution in [0.4, 0.5) is 11.8 Å². The zero-order valence-corrected chi connectivity index (χ0v) is 18.7. The van der Waals surface area contributed by atoms with Gasteiger partial charge in [-0.05, 0) is 37.6 Å². The second kappa shape index (κ2) is 9.70. The third-order valence-corrected chi connectivity index (χ3v) is 5.34. The van der Waals surface area contributed by atoms with Crippen molar-refractivity contribution in [1.29, 1.82) is 0 Å². The number of fused-ring (bicyclic) bond motifs is 1. The highest BCUT2D eigenvalue weighted by Crippen LogP contribution is 2.40. The lowest BCUT2D eigenvalue weighted by Gasteiger charge is -2.29. The van der Waals surface area contributed by atoms with E-state index in [0.717, 1.165) is 5.56 Å². The molecule has 1 aromatic carbocycles. The molecular formula is C23H26N6O4. The van der Waals surface area contributed by atoms with Crippen molar-refractivity contribution in [3.05, 3.63) is 65.3 Å². The molecule has 10 nitrogen and oxygen atoms in total. The number of rotatable bonds is 8. The maximum absolute atomic E-state index is 13.5. The summed E-state index contributed by atoms with van der Waals surface area (Å²) in [6, 6.07) is 10.1. The molecule has 3 N–H and O–H groups in total. The second-order valence-electron chi connectivity index (χ2n) is 7.47. The van der Waals surface area contributed by atoms with E-state index in [1.165, 1.54) is 0 Å². The summed E-state index contributed by atoms with van der Waals surface area (Å²) in [7, 11) is 3.15. The summed E-state index contributed by atoms with van der Waals surface area (Å²) in [6.07, 6.45) is 2.67. The number of aryl methyl sites for hydroxylation is 1. The van der Waals surface area contributed by atoms with Gasteiger partial charge in [-0.1, -0.05) is 6.07 Å². The fourth-order valence-electron chi connectivity index (χ4n) is 3.78. The van der Waals surface area contributed by atoms with Crippen LogP contribution in [0.5, 0.6) is 11.5 Å². The number of aliphatic hydroxyl groups is 1. The van der Waals surface area contributed by atoms with Crippen LogP contribution >= 0.6 is 0 Å². The minimum absolute atomic E-state index is 0.0437. The van der Waals surface area contributed by atoms with E-state index in [2.05, 4.69) is 25.7 Å². The first-order chi connectivity index (χ1) is 16.0. The normalized spacial score (nSPS) is 15.0. The first kappa shape index (κ1) is 22.3. The van der Waals surface area contributed by atoms with Gasteiger partial charge in [-0.15, -0.1) is 0 Å². The summed E-state index contributed by atoms with van der Waals surface area (Å²) in [4.78, 5) is 22.2. The number of pyridine rings is 1. The Kier molecular flexibility index (Phi) is 6.55. The van der Waals surface area contributed by atoms with Gasteiger partial charge >= 0.3 is 0 Å². The fraction of sp³-hybridized carbons (Fsp3) is 0.304. The molecular weight excluding hydrogens is 424 g/mol. The van der Waals surface area contributed by atoms with Crippen molar-refractivity contribution in [2.75, 3.05) is 31.5 Å². The topological polar surface area (TPSA) is 123 Å². The molecule has 2 aromatic heterocycles. The molecule has 33 heavy (non-hydrogen) atoms. The number of aliphatic hydroxyl groups excluding tert-OH is 1. The minimum Gasteiger partial charge on any atom is -0.497 e. The summed E-state index contributed by atoms with van der Waals surface area (Å²) >= 11 is 0. The molecule has 10 heteroatoms. The van der Waals surface area contributed by atoms with Gasteiger partial charge in [0.2, 0.25) is 5.95 Å². The maximum Gasteiger partial charge on any atom is 0.257 e. The summed E-state index contributed by atoms with van der Waals surface area (Å²) in [5.41, 5.74) is 1.82. The average molecular weight is 450 g/mol. The highest BCUT2D eigenvalue weighted by atomic mass is 16.5. The number of nitrogens with zero attached hydrogens (tertiary/aromatic N) is 4. The van der Waals surface area contributed by atoms with Crippen molar-refractivity contribution >= 4 is 17.7 Å². The monoisotopic (exact) mass is 450 g/mol. The molecule has 0 saturated carbocycles. The van der Waals surface area contributed by atoms with Gasteiger partial charge in [0.1, 0.15) is 23.4 Å². The van der Waals surface area contributed by atoms with E-state index in [4.69, 9.17) is 9.47 Å². The number of hydrogen-bond donors (Lipinski definition) is 3. The summed E-state index contributed by atoms with van der Waals surface area (Å²) in [5, 5.41) is 19.9. The zero-order chi connectivity index (χ0) is 23.4. The molecule has 172 valence electrons. The van der Waals surface area contributed by atoms with E-state index >= 15 is 0 Å². The molecule has 1 aliphatic rings. The maximum atomic E-state index is 13.5. The van der Waals surface area contributed by atoms with Crippen LogP contribution in [0, 0.1) is 0 Å². The van der Waals surface area contributed by atoms with Crippen LogP contribution < -0.4 is 20.1 Å².